The van der Waals surface area contributed by atoms with Crippen LogP contribution in [-0.2, 0) is 9.36 Å². The van der Waals surface area contributed by atoms with Crippen molar-refractivity contribution in [3.63, 3.8) is 0 Å². The van der Waals surface area contributed by atoms with Gasteiger partial charge < -0.3 is 10.2 Å². The smallest absolute Gasteiger partial charge is 0.241 e. The molecule has 0 fully saturated rings. The molecule has 3 aromatic rings. The van der Waals surface area contributed by atoms with Crippen molar-refractivity contribution in [1.29, 1.82) is 0 Å². The second-order valence-electron chi connectivity index (χ2n) is 6.22. The fourth-order valence-corrected chi connectivity index (χ4v) is 5.53. The number of hydrogen-bond acceptors (Lipinski definition) is 3. The molecule has 2 aromatic carbocycles. The third kappa shape index (κ3) is 4.83. The van der Waals surface area contributed by atoms with Crippen LogP contribution in [0.2, 0.25) is 10.0 Å². The van der Waals surface area contributed by atoms with Crippen LogP contribution in [0.3, 0.4) is 0 Å². The number of hydrogen-bond donors (Lipinski definition) is 2. The molecule has 0 spiro atoms. The summed E-state index contributed by atoms with van der Waals surface area (Å²) >= 11 is 13.2. The van der Waals surface area contributed by atoms with Gasteiger partial charge in [0.25, 0.3) is 0 Å². The molecule has 9 heteroatoms. The van der Waals surface area contributed by atoms with E-state index in [1.807, 2.05) is 0 Å². The second-order valence-corrected chi connectivity index (χ2v) is 10.4. The number of benzene rings is 2. The first kappa shape index (κ1) is 21.0. The number of amides is 1. The Morgan fingerprint density at radius 1 is 1.25 bits per heavy atom. The van der Waals surface area contributed by atoms with E-state index in [9.17, 15) is 18.6 Å². The summed E-state index contributed by atoms with van der Waals surface area (Å²) in [5.74, 6) is -1.15. The zero-order chi connectivity index (χ0) is 20.5. The predicted octanol–water partition coefficient (Wildman–Crippen LogP) is 6.08. The van der Waals surface area contributed by atoms with Crippen LogP contribution in [0, 0.1) is 5.82 Å². The van der Waals surface area contributed by atoms with Crippen molar-refractivity contribution in [3.8, 4) is 0 Å². The molecule has 0 saturated heterocycles. The quantitative estimate of drug-likeness (QED) is 0.456. The summed E-state index contributed by atoms with van der Waals surface area (Å²) in [6.07, 6.45) is 2.74. The molecule has 2 unspecified atom stereocenters. The maximum Gasteiger partial charge on any atom is 0.241 e. The van der Waals surface area contributed by atoms with E-state index < -0.39 is 24.8 Å². The fourth-order valence-electron chi connectivity index (χ4n) is 2.82. The minimum absolute atomic E-state index is 0.221. The average Bonchev–Trinajstić information content (AvgIpc) is 2.95. The van der Waals surface area contributed by atoms with Crippen molar-refractivity contribution in [2.24, 2.45) is 0 Å². The summed E-state index contributed by atoms with van der Waals surface area (Å²) in [6, 6.07) is 9.12. The van der Waals surface area contributed by atoms with Gasteiger partial charge in [0.2, 0.25) is 13.3 Å². The van der Waals surface area contributed by atoms with Crippen molar-refractivity contribution in [1.82, 2.24) is 5.32 Å². The molecule has 0 aliphatic heterocycles. The molecule has 2 N–H and O–H groups in total. The fraction of sp³-hybridized carbons (Fsp3) is 0.105. The first-order valence-corrected chi connectivity index (χ1v) is 11.9. The number of carbonyl (C=O) groups is 1. The molecule has 0 saturated carbocycles. The van der Waals surface area contributed by atoms with E-state index in [1.165, 1.54) is 41.8 Å². The topological polar surface area (TPSA) is 66.4 Å². The standard InChI is InChI=1S/C19H15Cl2FNO3PS/c1-27(25,26)18(16-10-28-17-3-2-12(20)9-15(16)17)19(24)23-5-4-11-6-13(21)8-14(22)7-11/h2-10,18H,1H3,(H,23,24)(H,25,26)/b5-4+. The minimum atomic E-state index is -3.83. The normalized spacial score (nSPS) is 14.9. The van der Waals surface area contributed by atoms with Gasteiger partial charge in [-0.1, -0.05) is 23.2 Å². The zero-order valence-corrected chi connectivity index (χ0v) is 17.7. The highest BCUT2D eigenvalue weighted by atomic mass is 35.5. The van der Waals surface area contributed by atoms with Gasteiger partial charge in [-0.15, -0.1) is 11.3 Å². The van der Waals surface area contributed by atoms with Crippen LogP contribution < -0.4 is 5.32 Å². The number of carbonyl (C=O) groups excluding carboxylic acids is 1. The summed E-state index contributed by atoms with van der Waals surface area (Å²) in [6.45, 7) is 1.14. The molecule has 146 valence electrons. The summed E-state index contributed by atoms with van der Waals surface area (Å²) in [7, 11) is -3.83. The number of nitrogens with one attached hydrogen (secondary N) is 1. The highest BCUT2D eigenvalue weighted by Gasteiger charge is 2.36. The van der Waals surface area contributed by atoms with Crippen LogP contribution in [0.1, 0.15) is 16.8 Å². The molecule has 1 heterocycles. The van der Waals surface area contributed by atoms with E-state index in [0.29, 0.717) is 21.5 Å². The molecule has 3 rings (SSSR count). The van der Waals surface area contributed by atoms with Crippen molar-refractivity contribution in [3.05, 3.63) is 75.0 Å². The van der Waals surface area contributed by atoms with E-state index in [-0.39, 0.29) is 5.02 Å². The molecular weight excluding hydrogens is 443 g/mol. The third-order valence-electron chi connectivity index (χ3n) is 3.97. The Bertz CT molecular complexity index is 1110. The second kappa shape index (κ2) is 8.36. The van der Waals surface area contributed by atoms with Gasteiger partial charge in [0.1, 0.15) is 11.5 Å². The van der Waals surface area contributed by atoms with Gasteiger partial charge in [-0.2, -0.15) is 0 Å². The Balaban J connectivity index is 1.89. The van der Waals surface area contributed by atoms with Crippen molar-refractivity contribution >= 4 is 64.0 Å². The van der Waals surface area contributed by atoms with Gasteiger partial charge >= 0.3 is 0 Å². The van der Waals surface area contributed by atoms with E-state index in [1.54, 1.807) is 23.6 Å². The van der Waals surface area contributed by atoms with Gasteiger partial charge in [-0.3, -0.25) is 9.36 Å². The van der Waals surface area contributed by atoms with E-state index >= 15 is 0 Å². The Hall–Kier alpha value is -1.69. The lowest BCUT2D eigenvalue weighted by molar-refractivity contribution is -0.120. The average molecular weight is 458 g/mol. The number of rotatable bonds is 5. The van der Waals surface area contributed by atoms with Crippen LogP contribution >= 0.6 is 41.9 Å². The summed E-state index contributed by atoms with van der Waals surface area (Å²) in [5.41, 5.74) is -0.380. The molecule has 1 amide bonds. The third-order valence-corrected chi connectivity index (χ3v) is 6.88. The first-order valence-electron chi connectivity index (χ1n) is 8.05. The van der Waals surface area contributed by atoms with E-state index in [0.717, 1.165) is 11.4 Å². The molecule has 2 atom stereocenters. The van der Waals surface area contributed by atoms with Gasteiger partial charge in [0, 0.05) is 27.6 Å². The van der Waals surface area contributed by atoms with Crippen LogP contribution in [0.5, 0.6) is 0 Å². The summed E-state index contributed by atoms with van der Waals surface area (Å²) < 4.78 is 26.7. The highest BCUT2D eigenvalue weighted by Crippen LogP contribution is 2.54. The minimum Gasteiger partial charge on any atom is -0.344 e. The largest absolute Gasteiger partial charge is 0.344 e. The molecule has 0 aliphatic rings. The first-order chi connectivity index (χ1) is 13.1. The molecule has 4 nitrogen and oxygen atoms in total. The molecule has 0 aliphatic carbocycles. The monoisotopic (exact) mass is 457 g/mol. The van der Waals surface area contributed by atoms with Gasteiger partial charge in [0.05, 0.1) is 0 Å². The Morgan fingerprint density at radius 3 is 2.68 bits per heavy atom. The van der Waals surface area contributed by atoms with Crippen LogP contribution in [0.25, 0.3) is 16.2 Å². The SMILES string of the molecule is CP(=O)(O)C(C(=O)N/C=C/c1cc(F)cc(Cl)c1)c1csc2ccc(Cl)cc12. The van der Waals surface area contributed by atoms with E-state index in [4.69, 9.17) is 23.2 Å². The lowest BCUT2D eigenvalue weighted by Crippen LogP contribution is -2.25. The Kier molecular flexibility index (Phi) is 6.28. The van der Waals surface area contributed by atoms with Crippen molar-refractivity contribution < 1.29 is 18.6 Å². The predicted molar refractivity (Wildman–Crippen MR) is 114 cm³/mol. The van der Waals surface area contributed by atoms with Crippen LogP contribution in [0.4, 0.5) is 4.39 Å². The van der Waals surface area contributed by atoms with Gasteiger partial charge in [0.15, 0.2) is 0 Å². The molecule has 0 bridgehead atoms. The lowest BCUT2D eigenvalue weighted by Gasteiger charge is -2.18. The maximum absolute atomic E-state index is 13.4. The van der Waals surface area contributed by atoms with E-state index in [2.05, 4.69) is 5.32 Å². The molecule has 1 aromatic heterocycles. The molecular formula is C19H15Cl2FNO3PS. The van der Waals surface area contributed by atoms with Crippen molar-refractivity contribution in [2.75, 3.05) is 6.66 Å². The number of thiophene rings is 1. The summed E-state index contributed by atoms with van der Waals surface area (Å²) in [4.78, 5) is 22.9. The van der Waals surface area contributed by atoms with Crippen LogP contribution in [0.15, 0.2) is 48.0 Å². The lowest BCUT2D eigenvalue weighted by atomic mass is 10.1. The molecule has 0 radical (unpaired) electrons. The summed E-state index contributed by atoms with van der Waals surface area (Å²) in [5, 5.41) is 5.54. The molecule has 28 heavy (non-hydrogen) atoms. The van der Waals surface area contributed by atoms with Gasteiger partial charge in [-0.25, -0.2) is 4.39 Å². The van der Waals surface area contributed by atoms with Gasteiger partial charge in [-0.05, 0) is 64.4 Å². The van der Waals surface area contributed by atoms with Crippen LogP contribution in [-0.4, -0.2) is 17.5 Å². The number of fused-ring (bicyclic) bond motifs is 1. The highest BCUT2D eigenvalue weighted by molar-refractivity contribution is 7.58. The maximum atomic E-state index is 13.4. The number of halogens is 3. The Morgan fingerprint density at radius 2 is 2.00 bits per heavy atom. The van der Waals surface area contributed by atoms with Crippen molar-refractivity contribution in [2.45, 2.75) is 5.66 Å². The zero-order valence-electron chi connectivity index (χ0n) is 14.5. The Labute approximate surface area is 175 Å².